The fourth-order valence-electron chi connectivity index (χ4n) is 2.38. The van der Waals surface area contributed by atoms with Crippen molar-refractivity contribution in [3.05, 3.63) is 23.2 Å². The molecule has 0 saturated carbocycles. The molecule has 0 aromatic carbocycles. The Kier molecular flexibility index (Phi) is 5.02. The van der Waals surface area contributed by atoms with Crippen LogP contribution in [0.15, 0.2) is 10.5 Å². The fourth-order valence-corrected chi connectivity index (χ4v) is 3.62. The molecule has 8 heteroatoms. The van der Waals surface area contributed by atoms with E-state index in [1.54, 1.807) is 0 Å². The summed E-state index contributed by atoms with van der Waals surface area (Å²) in [6.07, 6.45) is 3.82. The highest BCUT2D eigenvalue weighted by Gasteiger charge is 2.23. The molecular formula is C13H20N2O5S. The van der Waals surface area contributed by atoms with E-state index in [9.17, 15) is 13.2 Å². The van der Waals surface area contributed by atoms with Crippen LogP contribution in [0.5, 0.6) is 0 Å². The average molecular weight is 316 g/mol. The maximum absolute atomic E-state index is 12.2. The smallest absolute Gasteiger partial charge is 0.339 e. The summed E-state index contributed by atoms with van der Waals surface area (Å²) >= 11 is 0. The van der Waals surface area contributed by atoms with Crippen LogP contribution in [0.4, 0.5) is 0 Å². The Balaban J connectivity index is 2.01. The molecule has 0 spiro atoms. The molecule has 1 aromatic rings. The fraction of sp³-hybridized carbons (Fsp3) is 0.615. The maximum atomic E-state index is 12.2. The largest absolute Gasteiger partial charge is 0.478 e. The molecule has 0 aliphatic carbocycles. The summed E-state index contributed by atoms with van der Waals surface area (Å²) in [7, 11) is -3.55. The van der Waals surface area contributed by atoms with Gasteiger partial charge >= 0.3 is 5.97 Å². The third-order valence-corrected chi connectivity index (χ3v) is 5.09. The van der Waals surface area contributed by atoms with Gasteiger partial charge in [0.2, 0.25) is 0 Å². The van der Waals surface area contributed by atoms with Crippen LogP contribution in [0.3, 0.4) is 0 Å². The number of aromatic carboxylic acids is 1. The first-order chi connectivity index (χ1) is 9.90. The van der Waals surface area contributed by atoms with E-state index < -0.39 is 16.2 Å². The molecule has 1 fully saturated rings. The van der Waals surface area contributed by atoms with Crippen LogP contribution in [0.25, 0.3) is 0 Å². The summed E-state index contributed by atoms with van der Waals surface area (Å²) in [6.45, 7) is 2.53. The predicted molar refractivity (Wildman–Crippen MR) is 76.2 cm³/mol. The van der Waals surface area contributed by atoms with Gasteiger partial charge in [-0.15, -0.1) is 0 Å². The van der Waals surface area contributed by atoms with Gasteiger partial charge in [0.15, 0.2) is 0 Å². The van der Waals surface area contributed by atoms with E-state index in [1.807, 2.05) is 0 Å². The van der Waals surface area contributed by atoms with Crippen LogP contribution >= 0.6 is 0 Å². The van der Waals surface area contributed by atoms with Crippen LogP contribution in [-0.4, -0.2) is 36.9 Å². The number of carbonyl (C=O) groups is 1. The van der Waals surface area contributed by atoms with E-state index >= 15 is 0 Å². The van der Waals surface area contributed by atoms with Crippen molar-refractivity contribution in [3.63, 3.8) is 0 Å². The Hall–Kier alpha value is -1.38. The van der Waals surface area contributed by atoms with Gasteiger partial charge in [0.05, 0.1) is 6.54 Å². The third kappa shape index (κ3) is 4.05. The van der Waals surface area contributed by atoms with Crippen molar-refractivity contribution in [1.82, 2.24) is 9.03 Å². The number of furan rings is 1. The molecule has 0 radical (unpaired) electrons. The molecule has 2 N–H and O–H groups in total. The van der Waals surface area contributed by atoms with E-state index in [2.05, 4.69) is 4.72 Å². The molecule has 2 heterocycles. The highest BCUT2D eigenvalue weighted by molar-refractivity contribution is 7.87. The number of aryl methyl sites for hydroxylation is 1. The molecule has 0 bridgehead atoms. The number of nitrogens with zero attached hydrogens (tertiary/aromatic N) is 1. The van der Waals surface area contributed by atoms with Gasteiger partial charge < -0.3 is 9.52 Å². The second-order valence-electron chi connectivity index (χ2n) is 5.13. The first-order valence-corrected chi connectivity index (χ1v) is 8.41. The molecule has 2 rings (SSSR count). The third-order valence-electron chi connectivity index (χ3n) is 3.53. The lowest BCUT2D eigenvalue weighted by molar-refractivity contribution is 0.0695. The van der Waals surface area contributed by atoms with Crippen LogP contribution < -0.4 is 4.72 Å². The molecule has 1 saturated heterocycles. The van der Waals surface area contributed by atoms with E-state index in [0.717, 1.165) is 25.7 Å². The van der Waals surface area contributed by atoms with Crippen molar-refractivity contribution in [1.29, 1.82) is 0 Å². The van der Waals surface area contributed by atoms with Crippen molar-refractivity contribution in [2.24, 2.45) is 0 Å². The van der Waals surface area contributed by atoms with Gasteiger partial charge in [-0.25, -0.2) is 4.79 Å². The van der Waals surface area contributed by atoms with Crippen LogP contribution in [-0.2, 0) is 16.8 Å². The molecule has 118 valence electrons. The SMILES string of the molecule is Cc1oc(CNS(=O)(=O)N2CCCCCC2)cc1C(=O)O. The first kappa shape index (κ1) is 16.0. The highest BCUT2D eigenvalue weighted by atomic mass is 32.2. The van der Waals surface area contributed by atoms with Crippen molar-refractivity contribution in [3.8, 4) is 0 Å². The van der Waals surface area contributed by atoms with Crippen molar-refractivity contribution >= 4 is 16.2 Å². The van der Waals surface area contributed by atoms with Gasteiger partial charge in [0.25, 0.3) is 10.2 Å². The zero-order chi connectivity index (χ0) is 15.5. The second kappa shape index (κ2) is 6.59. The topological polar surface area (TPSA) is 99.9 Å². The lowest BCUT2D eigenvalue weighted by Gasteiger charge is -2.19. The van der Waals surface area contributed by atoms with Crippen molar-refractivity contribution in [2.45, 2.75) is 39.2 Å². The number of hydrogen-bond donors (Lipinski definition) is 2. The zero-order valence-electron chi connectivity index (χ0n) is 12.0. The zero-order valence-corrected chi connectivity index (χ0v) is 12.8. The minimum Gasteiger partial charge on any atom is -0.478 e. The molecule has 0 atom stereocenters. The quantitative estimate of drug-likeness (QED) is 0.857. The van der Waals surface area contributed by atoms with E-state index in [0.29, 0.717) is 18.8 Å². The predicted octanol–water partition coefficient (Wildman–Crippen LogP) is 1.50. The van der Waals surface area contributed by atoms with Gasteiger partial charge in [-0.05, 0) is 25.8 Å². The van der Waals surface area contributed by atoms with Gasteiger partial charge in [0.1, 0.15) is 17.1 Å². The minimum absolute atomic E-state index is 0.0487. The van der Waals surface area contributed by atoms with E-state index in [-0.39, 0.29) is 17.9 Å². The van der Waals surface area contributed by atoms with Crippen LogP contribution in [0, 0.1) is 6.92 Å². The Labute approximate surface area is 124 Å². The Morgan fingerprint density at radius 2 is 1.95 bits per heavy atom. The van der Waals surface area contributed by atoms with Gasteiger partial charge in [-0.1, -0.05) is 12.8 Å². The molecule has 7 nitrogen and oxygen atoms in total. The summed E-state index contributed by atoms with van der Waals surface area (Å²) in [5.74, 6) is -0.521. The highest BCUT2D eigenvalue weighted by Crippen LogP contribution is 2.16. The molecule has 0 unspecified atom stereocenters. The number of nitrogens with one attached hydrogen (secondary N) is 1. The monoisotopic (exact) mass is 316 g/mol. The molecule has 1 aromatic heterocycles. The first-order valence-electron chi connectivity index (χ1n) is 6.97. The summed E-state index contributed by atoms with van der Waals surface area (Å²) in [4.78, 5) is 10.9. The number of carboxylic acid groups (broad SMARTS) is 1. The van der Waals surface area contributed by atoms with Crippen molar-refractivity contribution < 1.29 is 22.7 Å². The van der Waals surface area contributed by atoms with Crippen LogP contribution in [0.1, 0.15) is 47.6 Å². The average Bonchev–Trinajstić information content (AvgIpc) is 2.64. The minimum atomic E-state index is -3.55. The summed E-state index contributed by atoms with van der Waals surface area (Å²) in [5, 5.41) is 8.94. The Morgan fingerprint density at radius 3 is 2.48 bits per heavy atom. The number of rotatable bonds is 5. The second-order valence-corrected chi connectivity index (χ2v) is 6.88. The van der Waals surface area contributed by atoms with Gasteiger partial charge in [-0.2, -0.15) is 17.4 Å². The summed E-state index contributed by atoms with van der Waals surface area (Å²) in [6, 6.07) is 1.35. The van der Waals surface area contributed by atoms with Gasteiger partial charge in [0, 0.05) is 13.1 Å². The normalized spacial score (nSPS) is 17.6. The van der Waals surface area contributed by atoms with Crippen LogP contribution in [0.2, 0.25) is 0 Å². The molecule has 0 amide bonds. The molecule has 21 heavy (non-hydrogen) atoms. The van der Waals surface area contributed by atoms with Gasteiger partial charge in [-0.3, -0.25) is 0 Å². The number of hydrogen-bond acceptors (Lipinski definition) is 4. The Morgan fingerprint density at radius 1 is 1.33 bits per heavy atom. The maximum Gasteiger partial charge on any atom is 0.339 e. The summed E-state index contributed by atoms with van der Waals surface area (Å²) in [5.41, 5.74) is 0.0546. The lowest BCUT2D eigenvalue weighted by Crippen LogP contribution is -2.40. The molecule has 1 aliphatic rings. The molecular weight excluding hydrogens is 296 g/mol. The lowest BCUT2D eigenvalue weighted by atomic mass is 10.2. The van der Waals surface area contributed by atoms with Crippen molar-refractivity contribution in [2.75, 3.05) is 13.1 Å². The van der Waals surface area contributed by atoms with E-state index in [1.165, 1.54) is 17.3 Å². The van der Waals surface area contributed by atoms with E-state index in [4.69, 9.17) is 9.52 Å². The Bertz CT molecular complexity index is 600. The number of carboxylic acids is 1. The summed E-state index contributed by atoms with van der Waals surface area (Å²) < 4.78 is 33.5. The standard InChI is InChI=1S/C13H20N2O5S/c1-10-12(13(16)17)8-11(20-10)9-14-21(18,19)15-6-4-2-3-5-7-15/h8,14H,2-7,9H2,1H3,(H,16,17). The molecule has 1 aliphatic heterocycles.